The molecule has 2 heterocycles. The first-order valence-corrected chi connectivity index (χ1v) is 6.33. The molecule has 18 heavy (non-hydrogen) atoms. The minimum Gasteiger partial charge on any atom is -0.332 e. The van der Waals surface area contributed by atoms with Gasteiger partial charge in [0.15, 0.2) is 0 Å². The highest BCUT2D eigenvalue weighted by Crippen LogP contribution is 2.23. The maximum atomic E-state index is 12.2. The van der Waals surface area contributed by atoms with Crippen molar-refractivity contribution in [3.05, 3.63) is 10.4 Å². The molecular formula is C11H17N5O2. The molecule has 0 aliphatic carbocycles. The number of piperazine rings is 1. The van der Waals surface area contributed by atoms with Gasteiger partial charge in [-0.3, -0.25) is 9.59 Å². The Kier molecular flexibility index (Phi) is 4.04. The molecule has 2 rings (SSSR count). The molecular weight excluding hydrogens is 234 g/mol. The predicted molar refractivity (Wildman–Crippen MR) is 64.6 cm³/mol. The van der Waals surface area contributed by atoms with Crippen LogP contribution in [0.25, 0.3) is 10.4 Å². The quantitative estimate of drug-likeness (QED) is 0.321. The van der Waals surface area contributed by atoms with Crippen molar-refractivity contribution in [1.82, 2.24) is 9.80 Å². The molecule has 0 radical (unpaired) electrons. The third-order valence-electron chi connectivity index (χ3n) is 3.50. The van der Waals surface area contributed by atoms with E-state index in [1.54, 1.807) is 9.80 Å². The van der Waals surface area contributed by atoms with Crippen LogP contribution in [0.2, 0.25) is 0 Å². The average molecular weight is 251 g/mol. The van der Waals surface area contributed by atoms with E-state index in [4.69, 9.17) is 5.53 Å². The molecule has 2 saturated heterocycles. The summed E-state index contributed by atoms with van der Waals surface area (Å²) < 4.78 is 0. The highest BCUT2D eigenvalue weighted by molar-refractivity contribution is 5.95. The SMILES string of the molecule is [N-]=[N+]=NCCCN1CC(=O)N2CCCCC2C1=O. The number of azide groups is 1. The second-order valence-electron chi connectivity index (χ2n) is 4.67. The second-order valence-corrected chi connectivity index (χ2v) is 4.67. The first kappa shape index (κ1) is 12.7. The molecule has 0 aromatic rings. The predicted octanol–water partition coefficient (Wildman–Crippen LogP) is 0.910. The summed E-state index contributed by atoms with van der Waals surface area (Å²) >= 11 is 0. The molecule has 0 bridgehead atoms. The Morgan fingerprint density at radius 3 is 3.00 bits per heavy atom. The fraction of sp³-hybridized carbons (Fsp3) is 0.818. The lowest BCUT2D eigenvalue weighted by molar-refractivity contribution is -0.157. The standard InChI is InChI=1S/C11H17N5O2/c12-14-13-5-3-6-15-8-10(17)16-7-2-1-4-9(16)11(15)18/h9H,1-8H2. The smallest absolute Gasteiger partial charge is 0.245 e. The minimum absolute atomic E-state index is 0.0445. The molecule has 1 unspecified atom stereocenters. The normalized spacial score (nSPS) is 23.7. The Bertz CT molecular complexity index is 391. The number of nitrogens with zero attached hydrogens (tertiary/aromatic N) is 5. The van der Waals surface area contributed by atoms with Crippen molar-refractivity contribution in [2.24, 2.45) is 5.11 Å². The van der Waals surface area contributed by atoms with Crippen LogP contribution in [-0.2, 0) is 9.59 Å². The fourth-order valence-electron chi connectivity index (χ4n) is 2.60. The number of carbonyl (C=O) groups is 2. The monoisotopic (exact) mass is 251 g/mol. The van der Waals surface area contributed by atoms with Crippen molar-refractivity contribution in [3.63, 3.8) is 0 Å². The van der Waals surface area contributed by atoms with Crippen LogP contribution in [0.3, 0.4) is 0 Å². The average Bonchev–Trinajstić information content (AvgIpc) is 2.40. The van der Waals surface area contributed by atoms with Crippen molar-refractivity contribution in [1.29, 1.82) is 0 Å². The number of amides is 2. The van der Waals surface area contributed by atoms with Crippen LogP contribution < -0.4 is 0 Å². The summed E-state index contributed by atoms with van der Waals surface area (Å²) in [7, 11) is 0. The molecule has 0 aromatic heterocycles. The molecule has 0 saturated carbocycles. The van der Waals surface area contributed by atoms with E-state index in [2.05, 4.69) is 10.0 Å². The van der Waals surface area contributed by atoms with E-state index in [1.165, 1.54) is 0 Å². The molecule has 7 heteroatoms. The zero-order valence-corrected chi connectivity index (χ0v) is 10.3. The van der Waals surface area contributed by atoms with Crippen molar-refractivity contribution in [3.8, 4) is 0 Å². The van der Waals surface area contributed by atoms with Gasteiger partial charge in [-0.2, -0.15) is 0 Å². The summed E-state index contributed by atoms with van der Waals surface area (Å²) in [5.41, 5.74) is 8.17. The summed E-state index contributed by atoms with van der Waals surface area (Å²) in [6, 6.07) is -0.250. The molecule has 7 nitrogen and oxygen atoms in total. The van der Waals surface area contributed by atoms with Crippen molar-refractivity contribution >= 4 is 11.8 Å². The number of rotatable bonds is 4. The molecule has 98 valence electrons. The summed E-state index contributed by atoms with van der Waals surface area (Å²) in [6.45, 7) is 1.74. The van der Waals surface area contributed by atoms with Gasteiger partial charge in [0.1, 0.15) is 6.04 Å². The van der Waals surface area contributed by atoms with Crippen molar-refractivity contribution in [2.75, 3.05) is 26.2 Å². The summed E-state index contributed by atoms with van der Waals surface area (Å²) in [6.07, 6.45) is 3.38. The third-order valence-corrected chi connectivity index (χ3v) is 3.50. The second kappa shape index (κ2) is 5.73. The minimum atomic E-state index is -0.250. The molecule has 2 amide bonds. The number of piperidine rings is 1. The van der Waals surface area contributed by atoms with Crippen LogP contribution in [-0.4, -0.2) is 53.8 Å². The van der Waals surface area contributed by atoms with E-state index in [9.17, 15) is 9.59 Å². The topological polar surface area (TPSA) is 89.4 Å². The molecule has 0 aromatic carbocycles. The zero-order chi connectivity index (χ0) is 13.0. The molecule has 2 fully saturated rings. The van der Waals surface area contributed by atoms with Crippen molar-refractivity contribution in [2.45, 2.75) is 31.7 Å². The molecule has 2 aliphatic heterocycles. The molecule has 1 atom stereocenters. The first-order chi connectivity index (χ1) is 8.74. The van der Waals surface area contributed by atoms with Crippen LogP contribution >= 0.6 is 0 Å². The Morgan fingerprint density at radius 1 is 1.39 bits per heavy atom. The van der Waals surface area contributed by atoms with E-state index in [0.29, 0.717) is 26.1 Å². The summed E-state index contributed by atoms with van der Waals surface area (Å²) in [5, 5.41) is 3.43. The van der Waals surface area contributed by atoms with E-state index < -0.39 is 0 Å². The van der Waals surface area contributed by atoms with E-state index >= 15 is 0 Å². The van der Waals surface area contributed by atoms with Crippen LogP contribution in [0.5, 0.6) is 0 Å². The van der Waals surface area contributed by atoms with Crippen LogP contribution in [0.1, 0.15) is 25.7 Å². The number of hydrogen-bond donors (Lipinski definition) is 0. The zero-order valence-electron chi connectivity index (χ0n) is 10.3. The third kappa shape index (κ3) is 2.56. The Morgan fingerprint density at radius 2 is 2.22 bits per heavy atom. The lowest BCUT2D eigenvalue weighted by Crippen LogP contribution is -2.61. The van der Waals surface area contributed by atoms with Gasteiger partial charge in [-0.05, 0) is 31.2 Å². The Hall–Kier alpha value is -1.75. The van der Waals surface area contributed by atoms with Gasteiger partial charge < -0.3 is 9.80 Å². The van der Waals surface area contributed by atoms with Gasteiger partial charge in [-0.1, -0.05) is 5.11 Å². The first-order valence-electron chi connectivity index (χ1n) is 6.33. The van der Waals surface area contributed by atoms with Gasteiger partial charge >= 0.3 is 0 Å². The molecule has 0 spiro atoms. The van der Waals surface area contributed by atoms with Crippen LogP contribution in [0.4, 0.5) is 0 Å². The fourth-order valence-corrected chi connectivity index (χ4v) is 2.60. The molecule has 2 aliphatic rings. The van der Waals surface area contributed by atoms with E-state index in [-0.39, 0.29) is 24.4 Å². The highest BCUT2D eigenvalue weighted by atomic mass is 16.2. The van der Waals surface area contributed by atoms with Crippen molar-refractivity contribution < 1.29 is 9.59 Å². The lowest BCUT2D eigenvalue weighted by Gasteiger charge is -2.42. The van der Waals surface area contributed by atoms with Crippen LogP contribution in [0, 0.1) is 0 Å². The van der Waals surface area contributed by atoms with Gasteiger partial charge in [0.25, 0.3) is 0 Å². The van der Waals surface area contributed by atoms with Gasteiger partial charge in [0.2, 0.25) is 11.8 Å². The largest absolute Gasteiger partial charge is 0.332 e. The Labute approximate surface area is 105 Å². The van der Waals surface area contributed by atoms with Gasteiger partial charge in [0, 0.05) is 24.5 Å². The van der Waals surface area contributed by atoms with E-state index in [1.807, 2.05) is 0 Å². The number of hydrogen-bond acceptors (Lipinski definition) is 3. The van der Waals surface area contributed by atoms with E-state index in [0.717, 1.165) is 19.3 Å². The lowest BCUT2D eigenvalue weighted by atomic mass is 9.98. The van der Waals surface area contributed by atoms with Gasteiger partial charge in [-0.25, -0.2) is 0 Å². The number of carbonyl (C=O) groups excluding carboxylic acids is 2. The Balaban J connectivity index is 1.94. The maximum absolute atomic E-state index is 12.2. The summed E-state index contributed by atoms with van der Waals surface area (Å²) in [4.78, 5) is 30.1. The number of fused-ring (bicyclic) bond motifs is 1. The summed E-state index contributed by atoms with van der Waals surface area (Å²) in [5.74, 6) is 0.0957. The maximum Gasteiger partial charge on any atom is 0.245 e. The van der Waals surface area contributed by atoms with Gasteiger partial charge in [-0.15, -0.1) is 0 Å². The molecule has 0 N–H and O–H groups in total. The highest BCUT2D eigenvalue weighted by Gasteiger charge is 2.39. The van der Waals surface area contributed by atoms with Crippen LogP contribution in [0.15, 0.2) is 5.11 Å². The van der Waals surface area contributed by atoms with Gasteiger partial charge in [0.05, 0.1) is 6.54 Å².